The average Bonchev–Trinajstić information content (AvgIpc) is 2.79. The van der Waals surface area contributed by atoms with E-state index in [1.165, 1.54) is 30.4 Å². The maximum Gasteiger partial charge on any atom is 0.338 e. The van der Waals surface area contributed by atoms with E-state index in [-0.39, 0.29) is 5.97 Å². The van der Waals surface area contributed by atoms with E-state index in [4.69, 9.17) is 4.74 Å². The lowest BCUT2D eigenvalue weighted by atomic mass is 9.72. The van der Waals surface area contributed by atoms with Crippen molar-refractivity contribution in [2.24, 2.45) is 5.92 Å². The van der Waals surface area contributed by atoms with Gasteiger partial charge >= 0.3 is 5.97 Å². The lowest BCUT2D eigenvalue weighted by Gasteiger charge is -2.32. The van der Waals surface area contributed by atoms with Crippen molar-refractivity contribution in [1.29, 1.82) is 0 Å². The van der Waals surface area contributed by atoms with Crippen molar-refractivity contribution in [1.82, 2.24) is 0 Å². The molecule has 3 heteroatoms. The first-order chi connectivity index (χ1) is 15.6. The maximum atomic E-state index is 12.6. The first-order valence-electron chi connectivity index (χ1n) is 11.1. The molecule has 3 aromatic rings. The Balaban J connectivity index is 2.00. The Labute approximate surface area is 198 Å². The number of hydrogen-bond donors (Lipinski definition) is 0. The summed E-state index contributed by atoms with van der Waals surface area (Å²) < 4.78 is 6.32. The summed E-state index contributed by atoms with van der Waals surface area (Å²) in [5, 5.41) is 0. The van der Waals surface area contributed by atoms with Gasteiger partial charge < -0.3 is 4.74 Å². The van der Waals surface area contributed by atoms with Gasteiger partial charge in [-0.05, 0) is 71.2 Å². The predicted octanol–water partition coefficient (Wildman–Crippen LogP) is 7.78. The molecule has 162 valence electrons. The monoisotopic (exact) mass is 486 g/mol. The number of hydrogen-bond acceptors (Lipinski definition) is 2. The van der Waals surface area contributed by atoms with Crippen LogP contribution in [0.25, 0.3) is 16.7 Å². The van der Waals surface area contributed by atoms with E-state index in [9.17, 15) is 4.79 Å². The van der Waals surface area contributed by atoms with Crippen LogP contribution in [-0.2, 0) is 9.53 Å². The summed E-state index contributed by atoms with van der Waals surface area (Å²) in [4.78, 5) is 12.6. The van der Waals surface area contributed by atoms with Crippen LogP contribution in [0.3, 0.4) is 0 Å². The number of carbonyl (C=O) groups excluding carboxylic acids is 1. The highest BCUT2D eigenvalue weighted by atomic mass is 79.9. The van der Waals surface area contributed by atoms with Gasteiger partial charge in [0.1, 0.15) is 0 Å². The van der Waals surface area contributed by atoms with E-state index in [1.807, 2.05) is 25.1 Å². The molecule has 0 spiro atoms. The molecule has 0 amide bonds. The quantitative estimate of drug-likeness (QED) is 0.193. The third-order valence-corrected chi connectivity index (χ3v) is 6.57. The third kappa shape index (κ3) is 4.63. The van der Waals surface area contributed by atoms with Gasteiger partial charge in [0.05, 0.1) is 12.2 Å². The number of ether oxygens (including phenoxy) is 1. The van der Waals surface area contributed by atoms with E-state index in [1.54, 1.807) is 0 Å². The van der Waals surface area contributed by atoms with E-state index >= 15 is 0 Å². The Kier molecular flexibility index (Phi) is 7.06. The van der Waals surface area contributed by atoms with Crippen LogP contribution in [0.1, 0.15) is 48.4 Å². The smallest absolute Gasteiger partial charge is 0.338 e. The number of allylic oxidation sites excluding steroid dienone is 1. The van der Waals surface area contributed by atoms with Gasteiger partial charge in [-0.3, -0.25) is 0 Å². The van der Waals surface area contributed by atoms with Crippen LogP contribution < -0.4 is 0 Å². The molecule has 0 bridgehead atoms. The predicted molar refractivity (Wildman–Crippen MR) is 136 cm³/mol. The number of halogens is 1. The van der Waals surface area contributed by atoms with Gasteiger partial charge in [-0.25, -0.2) is 4.79 Å². The molecular weight excluding hydrogens is 460 g/mol. The second kappa shape index (κ2) is 10.1. The molecule has 0 aliphatic heterocycles. The zero-order valence-electron chi connectivity index (χ0n) is 18.3. The average molecular weight is 487 g/mol. The molecule has 1 fully saturated rings. The van der Waals surface area contributed by atoms with E-state index in [0.717, 1.165) is 26.7 Å². The van der Waals surface area contributed by atoms with Gasteiger partial charge in [0.15, 0.2) is 0 Å². The number of benzene rings is 3. The molecule has 32 heavy (non-hydrogen) atoms. The highest BCUT2D eigenvalue weighted by Crippen LogP contribution is 2.46. The van der Waals surface area contributed by atoms with E-state index < -0.39 is 0 Å². The number of carbonyl (C=O) groups is 1. The summed E-state index contributed by atoms with van der Waals surface area (Å²) in [6.45, 7) is 6.24. The Morgan fingerprint density at radius 3 is 2.12 bits per heavy atom. The first kappa shape index (κ1) is 22.3. The molecule has 0 radical (unpaired) electrons. The Bertz CT molecular complexity index is 1140. The molecular formula is C29H27BrO2. The fraction of sp³-hybridized carbons (Fsp3) is 0.207. The Morgan fingerprint density at radius 1 is 0.906 bits per heavy atom. The van der Waals surface area contributed by atoms with Gasteiger partial charge in [0.25, 0.3) is 0 Å². The fourth-order valence-corrected chi connectivity index (χ4v) is 4.53. The largest absolute Gasteiger partial charge is 0.462 e. The number of rotatable bonds is 7. The summed E-state index contributed by atoms with van der Waals surface area (Å²) in [5.74, 6) is 0.111. The minimum Gasteiger partial charge on any atom is -0.462 e. The molecule has 2 nitrogen and oxygen atoms in total. The first-order valence-corrected chi connectivity index (χ1v) is 11.9. The highest BCUT2D eigenvalue weighted by Gasteiger charge is 2.28. The zero-order chi connectivity index (χ0) is 22.5. The van der Waals surface area contributed by atoms with E-state index in [0.29, 0.717) is 18.1 Å². The van der Waals surface area contributed by atoms with Crippen LogP contribution in [0, 0.1) is 5.92 Å². The summed E-state index contributed by atoms with van der Waals surface area (Å²) in [6, 6.07) is 27.1. The van der Waals surface area contributed by atoms with Crippen molar-refractivity contribution >= 4 is 38.6 Å². The van der Waals surface area contributed by atoms with Crippen LogP contribution in [-0.4, -0.2) is 12.6 Å². The number of esters is 1. The summed E-state index contributed by atoms with van der Waals surface area (Å²) >= 11 is 3.57. The minimum absolute atomic E-state index is 0.326. The van der Waals surface area contributed by atoms with Crippen LogP contribution >= 0.6 is 15.9 Å². The fourth-order valence-electron chi connectivity index (χ4n) is 4.26. The lowest BCUT2D eigenvalue weighted by Crippen LogP contribution is -2.16. The molecule has 0 aromatic heterocycles. The normalized spacial score (nSPS) is 14.3. The minimum atomic E-state index is -0.375. The maximum absolute atomic E-state index is 12.6. The highest BCUT2D eigenvalue weighted by molar-refractivity contribution is 9.10. The lowest BCUT2D eigenvalue weighted by molar-refractivity contribution is -0.136. The van der Waals surface area contributed by atoms with Crippen LogP contribution in [0.2, 0.25) is 0 Å². The van der Waals surface area contributed by atoms with Crippen molar-refractivity contribution in [3.05, 3.63) is 112 Å². The van der Waals surface area contributed by atoms with Gasteiger partial charge in [0.2, 0.25) is 0 Å². The zero-order valence-corrected chi connectivity index (χ0v) is 19.9. The summed E-state index contributed by atoms with van der Waals surface area (Å²) in [7, 11) is 0. The second-order valence-electron chi connectivity index (χ2n) is 8.03. The van der Waals surface area contributed by atoms with Crippen LogP contribution in [0.15, 0.2) is 89.9 Å². The molecule has 1 aliphatic carbocycles. The molecule has 0 N–H and O–H groups in total. The Morgan fingerprint density at radius 2 is 1.53 bits per heavy atom. The van der Waals surface area contributed by atoms with Gasteiger partial charge in [-0.1, -0.05) is 95.7 Å². The molecule has 3 aromatic carbocycles. The van der Waals surface area contributed by atoms with Gasteiger partial charge in [-0.15, -0.1) is 0 Å². The SMILES string of the molecule is C=C(C(=O)OCC)c1ccccc1/C(=C(/c1ccccc1)C1CCC1)c1ccc(Br)cc1. The molecule has 1 saturated carbocycles. The van der Waals surface area contributed by atoms with Crippen molar-refractivity contribution < 1.29 is 9.53 Å². The van der Waals surface area contributed by atoms with Crippen molar-refractivity contribution in [2.75, 3.05) is 6.61 Å². The van der Waals surface area contributed by atoms with Crippen molar-refractivity contribution in [3.63, 3.8) is 0 Å². The summed E-state index contributed by atoms with van der Waals surface area (Å²) in [6.07, 6.45) is 3.59. The second-order valence-corrected chi connectivity index (χ2v) is 8.95. The van der Waals surface area contributed by atoms with Gasteiger partial charge in [-0.2, -0.15) is 0 Å². The molecule has 4 rings (SSSR count). The van der Waals surface area contributed by atoms with Crippen molar-refractivity contribution in [3.8, 4) is 0 Å². The van der Waals surface area contributed by atoms with Crippen LogP contribution in [0.5, 0.6) is 0 Å². The van der Waals surface area contributed by atoms with E-state index in [2.05, 4.69) is 83.2 Å². The molecule has 0 heterocycles. The third-order valence-electron chi connectivity index (χ3n) is 6.04. The van der Waals surface area contributed by atoms with Crippen molar-refractivity contribution in [2.45, 2.75) is 26.2 Å². The molecule has 0 unspecified atom stereocenters. The topological polar surface area (TPSA) is 26.3 Å². The van der Waals surface area contributed by atoms with Gasteiger partial charge in [0, 0.05) is 4.47 Å². The Hall–Kier alpha value is -2.91. The summed E-state index contributed by atoms with van der Waals surface area (Å²) in [5.41, 5.74) is 7.07. The standard InChI is InChI=1S/C29H27BrO2/c1-3-32-29(31)20(2)25-14-7-8-15-26(25)28(23-16-18-24(30)19-17-23)27(22-12-9-13-22)21-10-5-4-6-11-21/h4-8,10-11,14-19,22H,2-3,9,12-13H2,1H3/b28-27-. The molecule has 0 saturated heterocycles. The molecule has 1 aliphatic rings. The molecule has 0 atom stereocenters. The van der Waals surface area contributed by atoms with Crippen LogP contribution in [0.4, 0.5) is 0 Å².